The summed E-state index contributed by atoms with van der Waals surface area (Å²) in [5, 5.41) is 0. The van der Waals surface area contributed by atoms with Crippen molar-refractivity contribution in [1.82, 2.24) is 4.98 Å². The molecule has 1 aromatic heterocycles. The number of hydrogen-bond acceptors (Lipinski definition) is 4. The van der Waals surface area contributed by atoms with Crippen molar-refractivity contribution in [1.29, 1.82) is 0 Å². The van der Waals surface area contributed by atoms with E-state index in [0.29, 0.717) is 11.0 Å². The highest BCUT2D eigenvalue weighted by atomic mass is 32.2. The summed E-state index contributed by atoms with van der Waals surface area (Å²) >= 11 is 6.90. The van der Waals surface area contributed by atoms with Gasteiger partial charge in [0, 0.05) is 30.6 Å². The first kappa shape index (κ1) is 11.7. The van der Waals surface area contributed by atoms with Crippen molar-refractivity contribution in [3.8, 4) is 0 Å². The number of nitrogens with zero attached hydrogens (tertiary/aromatic N) is 2. The zero-order valence-electron chi connectivity index (χ0n) is 9.22. The lowest BCUT2D eigenvalue weighted by atomic mass is 10.2. The average molecular weight is 253 g/mol. The topological polar surface area (TPSA) is 42.1 Å². The second-order valence-electron chi connectivity index (χ2n) is 3.90. The van der Waals surface area contributed by atoms with Crippen molar-refractivity contribution < 1.29 is 0 Å². The highest BCUT2D eigenvalue weighted by molar-refractivity contribution is 7.99. The second kappa shape index (κ2) is 5.01. The number of thioether (sulfide) groups is 1. The van der Waals surface area contributed by atoms with Crippen molar-refractivity contribution in [3.05, 3.63) is 23.9 Å². The molecule has 1 atom stereocenters. The summed E-state index contributed by atoms with van der Waals surface area (Å²) in [5.41, 5.74) is 6.36. The van der Waals surface area contributed by atoms with Gasteiger partial charge in [-0.05, 0) is 24.3 Å². The Bertz CT molecular complexity index is 371. The van der Waals surface area contributed by atoms with Crippen molar-refractivity contribution in [2.75, 3.05) is 23.5 Å². The van der Waals surface area contributed by atoms with Gasteiger partial charge in [-0.2, -0.15) is 11.8 Å². The summed E-state index contributed by atoms with van der Waals surface area (Å²) in [6, 6.07) is 4.52. The predicted octanol–water partition coefficient (Wildman–Crippen LogP) is 1.66. The third-order valence-corrected chi connectivity index (χ3v) is 4.23. The Morgan fingerprint density at radius 2 is 2.44 bits per heavy atom. The highest BCUT2D eigenvalue weighted by Crippen LogP contribution is 2.24. The Kier molecular flexibility index (Phi) is 3.66. The molecule has 16 heavy (non-hydrogen) atoms. The third kappa shape index (κ3) is 2.47. The second-order valence-corrected chi connectivity index (χ2v) is 5.49. The molecular formula is C11H15N3S2. The summed E-state index contributed by atoms with van der Waals surface area (Å²) in [4.78, 5) is 7.03. The lowest BCUT2D eigenvalue weighted by Gasteiger charge is -2.24. The smallest absolute Gasteiger partial charge is 0.128 e. The molecule has 1 saturated heterocycles. The molecule has 0 spiro atoms. The molecule has 1 unspecified atom stereocenters. The van der Waals surface area contributed by atoms with E-state index in [0.717, 1.165) is 11.4 Å². The van der Waals surface area contributed by atoms with E-state index in [1.165, 1.54) is 17.9 Å². The predicted molar refractivity (Wildman–Crippen MR) is 74.3 cm³/mol. The van der Waals surface area contributed by atoms with Crippen LogP contribution in [0.5, 0.6) is 0 Å². The Labute approximate surface area is 105 Å². The van der Waals surface area contributed by atoms with Gasteiger partial charge in [0.1, 0.15) is 10.8 Å². The molecule has 0 aliphatic carbocycles. The molecule has 5 heteroatoms. The van der Waals surface area contributed by atoms with Gasteiger partial charge in [0.2, 0.25) is 0 Å². The number of pyridine rings is 1. The van der Waals surface area contributed by atoms with Crippen LogP contribution in [-0.2, 0) is 0 Å². The molecule has 1 aliphatic heterocycles. The standard InChI is InChI=1S/C11H15N3S2/c1-14(9-4-5-16-7-9)10-3-2-8(6-13-10)11(12)15/h2-3,6,9H,4-5,7H2,1H3,(H2,12,15). The number of thiocarbonyl (C=S) groups is 1. The summed E-state index contributed by atoms with van der Waals surface area (Å²) in [5.74, 6) is 3.43. The van der Waals surface area contributed by atoms with E-state index < -0.39 is 0 Å². The van der Waals surface area contributed by atoms with E-state index in [9.17, 15) is 0 Å². The monoisotopic (exact) mass is 253 g/mol. The number of hydrogen-bond donors (Lipinski definition) is 1. The lowest BCUT2D eigenvalue weighted by Crippen LogP contribution is -2.31. The van der Waals surface area contributed by atoms with Gasteiger partial charge in [-0.1, -0.05) is 12.2 Å². The number of anilines is 1. The van der Waals surface area contributed by atoms with Gasteiger partial charge in [-0.3, -0.25) is 0 Å². The van der Waals surface area contributed by atoms with Gasteiger partial charge >= 0.3 is 0 Å². The fourth-order valence-corrected chi connectivity index (χ4v) is 3.14. The Balaban J connectivity index is 2.11. The van der Waals surface area contributed by atoms with Crippen LogP contribution in [0.4, 0.5) is 5.82 Å². The molecule has 2 heterocycles. The molecule has 0 radical (unpaired) electrons. The SMILES string of the molecule is CN(c1ccc(C(N)=S)cn1)C1CCSC1. The fourth-order valence-electron chi connectivity index (χ4n) is 1.76. The summed E-state index contributed by atoms with van der Waals surface area (Å²) in [6.45, 7) is 0. The molecule has 1 fully saturated rings. The largest absolute Gasteiger partial charge is 0.389 e. The Hall–Kier alpha value is -0.810. The molecule has 3 nitrogen and oxygen atoms in total. The zero-order valence-corrected chi connectivity index (χ0v) is 10.9. The first-order chi connectivity index (χ1) is 7.68. The number of rotatable bonds is 3. The van der Waals surface area contributed by atoms with Gasteiger partial charge in [0.05, 0.1) is 0 Å². The molecular weight excluding hydrogens is 238 g/mol. The van der Waals surface area contributed by atoms with Crippen LogP contribution in [0.25, 0.3) is 0 Å². The maximum atomic E-state index is 5.54. The molecule has 86 valence electrons. The molecule has 1 aromatic rings. The van der Waals surface area contributed by atoms with E-state index in [-0.39, 0.29) is 0 Å². The van der Waals surface area contributed by atoms with Gasteiger partial charge < -0.3 is 10.6 Å². The fraction of sp³-hybridized carbons (Fsp3) is 0.455. The molecule has 2 N–H and O–H groups in total. The lowest BCUT2D eigenvalue weighted by molar-refractivity contribution is 0.692. The van der Waals surface area contributed by atoms with E-state index >= 15 is 0 Å². The van der Waals surface area contributed by atoms with E-state index in [1.54, 1.807) is 6.20 Å². The van der Waals surface area contributed by atoms with Crippen LogP contribution in [-0.4, -0.2) is 34.6 Å². The van der Waals surface area contributed by atoms with Gasteiger partial charge in [0.25, 0.3) is 0 Å². The van der Waals surface area contributed by atoms with Crippen LogP contribution in [0.15, 0.2) is 18.3 Å². The van der Waals surface area contributed by atoms with Crippen LogP contribution < -0.4 is 10.6 Å². The maximum Gasteiger partial charge on any atom is 0.128 e. The van der Waals surface area contributed by atoms with Crippen molar-refractivity contribution in [3.63, 3.8) is 0 Å². The normalized spacial score (nSPS) is 19.7. The highest BCUT2D eigenvalue weighted by Gasteiger charge is 2.20. The van der Waals surface area contributed by atoms with Gasteiger partial charge in [-0.25, -0.2) is 4.98 Å². The summed E-state index contributed by atoms with van der Waals surface area (Å²) < 4.78 is 0. The van der Waals surface area contributed by atoms with Gasteiger partial charge in [-0.15, -0.1) is 0 Å². The third-order valence-electron chi connectivity index (χ3n) is 2.85. The van der Waals surface area contributed by atoms with Crippen LogP contribution in [0.3, 0.4) is 0 Å². The van der Waals surface area contributed by atoms with Gasteiger partial charge in [0.15, 0.2) is 0 Å². The van der Waals surface area contributed by atoms with Crippen LogP contribution in [0.1, 0.15) is 12.0 Å². The molecule has 0 bridgehead atoms. The molecule has 0 aromatic carbocycles. The van der Waals surface area contributed by atoms with E-state index in [2.05, 4.69) is 16.9 Å². The van der Waals surface area contributed by atoms with Crippen molar-refractivity contribution in [2.24, 2.45) is 5.73 Å². The summed E-state index contributed by atoms with van der Waals surface area (Å²) in [6.07, 6.45) is 2.98. The zero-order chi connectivity index (χ0) is 11.5. The number of nitrogens with two attached hydrogens (primary N) is 1. The molecule has 0 saturated carbocycles. The number of aromatic nitrogens is 1. The average Bonchev–Trinajstić information content (AvgIpc) is 2.81. The Morgan fingerprint density at radius 1 is 1.62 bits per heavy atom. The first-order valence-corrected chi connectivity index (χ1v) is 6.81. The van der Waals surface area contributed by atoms with E-state index in [1.807, 2.05) is 23.9 Å². The van der Waals surface area contributed by atoms with Crippen LogP contribution in [0.2, 0.25) is 0 Å². The Morgan fingerprint density at radius 3 is 2.94 bits per heavy atom. The van der Waals surface area contributed by atoms with Crippen LogP contribution in [0, 0.1) is 0 Å². The minimum atomic E-state index is 0.401. The first-order valence-electron chi connectivity index (χ1n) is 5.25. The van der Waals surface area contributed by atoms with Crippen LogP contribution >= 0.6 is 24.0 Å². The van der Waals surface area contributed by atoms with E-state index in [4.69, 9.17) is 18.0 Å². The quantitative estimate of drug-likeness (QED) is 0.830. The molecule has 2 rings (SSSR count). The van der Waals surface area contributed by atoms with Crippen molar-refractivity contribution in [2.45, 2.75) is 12.5 Å². The molecule has 0 amide bonds. The minimum absolute atomic E-state index is 0.401. The summed E-state index contributed by atoms with van der Waals surface area (Å²) in [7, 11) is 2.10. The maximum absolute atomic E-state index is 5.54. The molecule has 1 aliphatic rings. The van der Waals surface area contributed by atoms with Crippen molar-refractivity contribution >= 4 is 34.8 Å². The minimum Gasteiger partial charge on any atom is -0.389 e.